The van der Waals surface area contributed by atoms with Crippen LogP contribution in [0.3, 0.4) is 0 Å². The van der Waals surface area contributed by atoms with E-state index in [1.165, 1.54) is 19.3 Å². The zero-order valence-corrected chi connectivity index (χ0v) is 12.1. The molecular formula is C14H28O4. The largest absolute Gasteiger partial charge is 0.376 e. The molecule has 0 radical (unpaired) electrons. The van der Waals surface area contributed by atoms with E-state index < -0.39 is 11.9 Å². The summed E-state index contributed by atoms with van der Waals surface area (Å²) in [4.78, 5) is 0. The number of unbranched alkanes of at least 4 members (excludes halogenated alkanes) is 3. The van der Waals surface area contributed by atoms with Crippen LogP contribution in [0, 0.1) is 0 Å². The molecule has 1 fully saturated rings. The molecule has 1 rings (SSSR count). The molecule has 1 aliphatic heterocycles. The first-order chi connectivity index (χ1) is 8.53. The highest BCUT2D eigenvalue weighted by Crippen LogP contribution is 2.33. The summed E-state index contributed by atoms with van der Waals surface area (Å²) in [5.41, 5.74) is -0.470. The highest BCUT2D eigenvalue weighted by Gasteiger charge is 2.46. The third-order valence-electron chi connectivity index (χ3n) is 3.74. The van der Waals surface area contributed by atoms with Gasteiger partial charge in [0.2, 0.25) is 0 Å². The molecule has 0 spiro atoms. The normalized spacial score (nSPS) is 36.8. The van der Waals surface area contributed by atoms with Crippen molar-refractivity contribution in [3.63, 3.8) is 0 Å². The second kappa shape index (κ2) is 7.43. The summed E-state index contributed by atoms with van der Waals surface area (Å²) in [6.45, 7) is 6.83. The highest BCUT2D eigenvalue weighted by atomic mass is 16.6. The molecule has 0 aliphatic carbocycles. The molecule has 0 aromatic heterocycles. The van der Waals surface area contributed by atoms with E-state index in [0.29, 0.717) is 6.42 Å². The van der Waals surface area contributed by atoms with Gasteiger partial charge in [0.1, 0.15) is 6.10 Å². The van der Waals surface area contributed by atoms with E-state index in [1.54, 1.807) is 7.11 Å². The van der Waals surface area contributed by atoms with Crippen molar-refractivity contribution in [2.75, 3.05) is 13.7 Å². The minimum atomic E-state index is -0.759. The van der Waals surface area contributed by atoms with E-state index in [9.17, 15) is 5.11 Å². The maximum Gasteiger partial charge on any atom is 0.157 e. The van der Waals surface area contributed by atoms with Crippen LogP contribution < -0.4 is 0 Å². The molecule has 4 atom stereocenters. The molecule has 1 saturated heterocycles. The van der Waals surface area contributed by atoms with Crippen molar-refractivity contribution < 1.29 is 19.3 Å². The Morgan fingerprint density at radius 3 is 2.67 bits per heavy atom. The standard InChI is InChI=1S/C14H28O4/c1-5-6-7-8-9-17-13-11(2)18-12(15)10-14(13,3)16-4/h11-13,15H,5-10H2,1-4H3/t11-,12?,13-,14+/m0/s1. The van der Waals surface area contributed by atoms with Gasteiger partial charge >= 0.3 is 0 Å². The second-order valence-corrected chi connectivity index (χ2v) is 5.37. The average Bonchev–Trinajstić information content (AvgIpc) is 2.31. The van der Waals surface area contributed by atoms with Crippen LogP contribution in [0.25, 0.3) is 0 Å². The first-order valence-electron chi connectivity index (χ1n) is 7.03. The molecule has 1 heterocycles. The summed E-state index contributed by atoms with van der Waals surface area (Å²) >= 11 is 0. The van der Waals surface area contributed by atoms with Gasteiger partial charge in [-0.1, -0.05) is 26.2 Å². The van der Waals surface area contributed by atoms with Gasteiger partial charge in [0.15, 0.2) is 6.29 Å². The van der Waals surface area contributed by atoms with Crippen LogP contribution in [0.2, 0.25) is 0 Å². The summed E-state index contributed by atoms with van der Waals surface area (Å²) in [7, 11) is 1.66. The number of methoxy groups -OCH3 is 1. The van der Waals surface area contributed by atoms with Crippen LogP contribution >= 0.6 is 0 Å². The van der Waals surface area contributed by atoms with Crippen molar-refractivity contribution >= 4 is 0 Å². The number of aliphatic hydroxyl groups excluding tert-OH is 1. The second-order valence-electron chi connectivity index (χ2n) is 5.37. The third-order valence-corrected chi connectivity index (χ3v) is 3.74. The highest BCUT2D eigenvalue weighted by molar-refractivity contribution is 4.93. The lowest BCUT2D eigenvalue weighted by Gasteiger charge is -2.45. The Morgan fingerprint density at radius 2 is 2.06 bits per heavy atom. The van der Waals surface area contributed by atoms with Crippen LogP contribution in [0.5, 0.6) is 0 Å². The monoisotopic (exact) mass is 260 g/mol. The lowest BCUT2D eigenvalue weighted by molar-refractivity contribution is -0.274. The molecular weight excluding hydrogens is 232 g/mol. The van der Waals surface area contributed by atoms with Gasteiger partial charge in [-0.3, -0.25) is 0 Å². The molecule has 4 heteroatoms. The zero-order valence-electron chi connectivity index (χ0n) is 12.1. The van der Waals surface area contributed by atoms with Crippen LogP contribution in [-0.4, -0.2) is 42.9 Å². The fourth-order valence-corrected chi connectivity index (χ4v) is 2.58. The molecule has 1 aliphatic rings. The third kappa shape index (κ3) is 4.19. The maximum atomic E-state index is 9.65. The van der Waals surface area contributed by atoms with E-state index in [0.717, 1.165) is 13.0 Å². The van der Waals surface area contributed by atoms with Gasteiger partial charge in [-0.05, 0) is 20.3 Å². The van der Waals surface area contributed by atoms with Gasteiger partial charge < -0.3 is 19.3 Å². The molecule has 18 heavy (non-hydrogen) atoms. The maximum absolute atomic E-state index is 9.65. The Balaban J connectivity index is 2.44. The Morgan fingerprint density at radius 1 is 1.33 bits per heavy atom. The van der Waals surface area contributed by atoms with Crippen molar-refractivity contribution in [1.29, 1.82) is 0 Å². The number of rotatable bonds is 7. The molecule has 1 N–H and O–H groups in total. The van der Waals surface area contributed by atoms with E-state index >= 15 is 0 Å². The molecule has 0 saturated carbocycles. The summed E-state index contributed by atoms with van der Waals surface area (Å²) in [5.74, 6) is 0. The lowest BCUT2D eigenvalue weighted by atomic mass is 9.88. The predicted octanol–water partition coefficient (Wildman–Crippen LogP) is 2.48. The SMILES string of the molecule is CCCCCCO[C@H]1[C@H](C)OC(O)C[C@@]1(C)OC. The number of hydrogen-bond donors (Lipinski definition) is 1. The number of aliphatic hydroxyl groups is 1. The summed E-state index contributed by atoms with van der Waals surface area (Å²) < 4.78 is 16.9. The Labute approximate surface area is 111 Å². The smallest absolute Gasteiger partial charge is 0.157 e. The van der Waals surface area contributed by atoms with E-state index in [-0.39, 0.29) is 12.2 Å². The minimum absolute atomic E-state index is 0.118. The summed E-state index contributed by atoms with van der Waals surface area (Å²) in [6, 6.07) is 0. The summed E-state index contributed by atoms with van der Waals surface area (Å²) in [6.07, 6.45) is 4.17. The molecule has 4 nitrogen and oxygen atoms in total. The fraction of sp³-hybridized carbons (Fsp3) is 1.00. The average molecular weight is 260 g/mol. The number of hydrogen-bond acceptors (Lipinski definition) is 4. The minimum Gasteiger partial charge on any atom is -0.376 e. The Hall–Kier alpha value is -0.160. The van der Waals surface area contributed by atoms with Crippen molar-refractivity contribution in [3.05, 3.63) is 0 Å². The van der Waals surface area contributed by atoms with Gasteiger partial charge in [0.05, 0.1) is 11.7 Å². The molecule has 108 valence electrons. The van der Waals surface area contributed by atoms with Gasteiger partial charge in [-0.25, -0.2) is 0 Å². The van der Waals surface area contributed by atoms with Gasteiger partial charge in [-0.15, -0.1) is 0 Å². The molecule has 0 aromatic carbocycles. The van der Waals surface area contributed by atoms with Crippen LogP contribution in [0.15, 0.2) is 0 Å². The van der Waals surface area contributed by atoms with Gasteiger partial charge in [0, 0.05) is 20.1 Å². The Kier molecular flexibility index (Phi) is 6.57. The Bertz CT molecular complexity index is 234. The molecule has 0 aromatic rings. The molecule has 0 bridgehead atoms. The first-order valence-corrected chi connectivity index (χ1v) is 7.03. The summed E-state index contributed by atoms with van der Waals surface area (Å²) in [5, 5.41) is 9.65. The van der Waals surface area contributed by atoms with Crippen LogP contribution in [-0.2, 0) is 14.2 Å². The quantitative estimate of drug-likeness (QED) is 0.714. The van der Waals surface area contributed by atoms with Gasteiger partial charge in [0.25, 0.3) is 0 Å². The lowest BCUT2D eigenvalue weighted by Crippen LogP contribution is -2.57. The topological polar surface area (TPSA) is 47.9 Å². The van der Waals surface area contributed by atoms with E-state index in [1.807, 2.05) is 13.8 Å². The fourth-order valence-electron chi connectivity index (χ4n) is 2.58. The first kappa shape index (κ1) is 15.9. The van der Waals surface area contributed by atoms with Crippen molar-refractivity contribution in [2.45, 2.75) is 77.0 Å². The van der Waals surface area contributed by atoms with Crippen molar-refractivity contribution in [3.8, 4) is 0 Å². The predicted molar refractivity (Wildman–Crippen MR) is 70.5 cm³/mol. The van der Waals surface area contributed by atoms with E-state index in [2.05, 4.69) is 6.92 Å². The van der Waals surface area contributed by atoms with E-state index in [4.69, 9.17) is 14.2 Å². The van der Waals surface area contributed by atoms with Gasteiger partial charge in [-0.2, -0.15) is 0 Å². The zero-order chi connectivity index (χ0) is 13.6. The van der Waals surface area contributed by atoms with Crippen molar-refractivity contribution in [2.24, 2.45) is 0 Å². The number of ether oxygens (including phenoxy) is 3. The van der Waals surface area contributed by atoms with Crippen LogP contribution in [0.4, 0.5) is 0 Å². The molecule has 1 unspecified atom stereocenters. The van der Waals surface area contributed by atoms with Crippen molar-refractivity contribution in [1.82, 2.24) is 0 Å². The van der Waals surface area contributed by atoms with Crippen LogP contribution in [0.1, 0.15) is 52.9 Å². The molecule has 0 amide bonds.